The minimum Gasteiger partial charge on any atom is -0.338 e. The van der Waals surface area contributed by atoms with Gasteiger partial charge in [-0.25, -0.2) is 18.4 Å². The molecule has 0 fully saturated rings. The van der Waals surface area contributed by atoms with Crippen LogP contribution in [0.25, 0.3) is 0 Å². The molecule has 198 valence electrons. The van der Waals surface area contributed by atoms with Crippen LogP contribution in [0.15, 0.2) is 12.1 Å². The summed E-state index contributed by atoms with van der Waals surface area (Å²) in [6.07, 6.45) is 1.91. The van der Waals surface area contributed by atoms with E-state index in [-0.39, 0.29) is 31.2 Å². The molecule has 0 atom stereocenters. The molecule has 0 aliphatic carbocycles. The molecule has 0 saturated carbocycles. The first-order chi connectivity index (χ1) is 17.1. The minimum absolute atomic E-state index is 0.0932. The Kier molecular flexibility index (Phi) is 9.53. The number of nitrogens with zero attached hydrogens (tertiary/aromatic N) is 6. The van der Waals surface area contributed by atoms with Gasteiger partial charge in [-0.15, -0.1) is 0 Å². The molecule has 0 N–H and O–H groups in total. The Labute approximate surface area is 212 Å². The molecule has 1 aromatic heterocycles. The fourth-order valence-corrected chi connectivity index (χ4v) is 4.68. The van der Waals surface area contributed by atoms with Crippen molar-refractivity contribution in [1.82, 2.24) is 24.6 Å². The Hall–Kier alpha value is -2.88. The highest BCUT2D eigenvalue weighted by atomic mass is 19.2. The van der Waals surface area contributed by atoms with Gasteiger partial charge >= 0.3 is 0 Å². The summed E-state index contributed by atoms with van der Waals surface area (Å²) in [5.74, 6) is -0.888. The smallest absolute Gasteiger partial charge is 0.226 e. The number of amides is 2. The fourth-order valence-electron chi connectivity index (χ4n) is 4.68. The van der Waals surface area contributed by atoms with E-state index in [0.717, 1.165) is 37.5 Å². The van der Waals surface area contributed by atoms with Gasteiger partial charge < -0.3 is 14.7 Å². The van der Waals surface area contributed by atoms with E-state index in [4.69, 9.17) is 0 Å². The van der Waals surface area contributed by atoms with Crippen molar-refractivity contribution in [3.8, 4) is 0 Å². The predicted molar refractivity (Wildman–Crippen MR) is 134 cm³/mol. The number of rotatable bonds is 5. The zero-order chi connectivity index (χ0) is 26.4. The van der Waals surface area contributed by atoms with E-state index in [1.54, 1.807) is 28.3 Å². The number of benzene rings is 1. The molecule has 10 heteroatoms. The maximum atomic E-state index is 14.4. The van der Waals surface area contributed by atoms with Gasteiger partial charge in [-0.1, -0.05) is 6.92 Å². The molecule has 0 radical (unpaired) electrons. The Balaban J connectivity index is 1.94. The van der Waals surface area contributed by atoms with E-state index in [0.29, 0.717) is 49.2 Å². The first kappa shape index (κ1) is 27.7. The van der Waals surface area contributed by atoms with Crippen molar-refractivity contribution in [2.75, 3.05) is 31.1 Å². The highest BCUT2D eigenvalue weighted by Gasteiger charge is 2.25. The number of fused-ring (bicyclic) bond motifs is 1. The van der Waals surface area contributed by atoms with E-state index < -0.39 is 11.6 Å². The zero-order valence-electron chi connectivity index (χ0n) is 22.1. The second-order valence-corrected chi connectivity index (χ2v) is 9.63. The van der Waals surface area contributed by atoms with Gasteiger partial charge in [0, 0.05) is 57.7 Å². The summed E-state index contributed by atoms with van der Waals surface area (Å²) in [4.78, 5) is 36.1. The van der Waals surface area contributed by atoms with Crippen LogP contribution < -0.4 is 4.90 Å². The quantitative estimate of drug-likeness (QED) is 0.619. The molecule has 0 bridgehead atoms. The second-order valence-electron chi connectivity index (χ2n) is 9.63. The van der Waals surface area contributed by atoms with Gasteiger partial charge in [0.1, 0.15) is 11.6 Å². The van der Waals surface area contributed by atoms with Crippen molar-refractivity contribution in [3.63, 3.8) is 0 Å². The summed E-state index contributed by atoms with van der Waals surface area (Å²) in [6.45, 7) is 12.6. The summed E-state index contributed by atoms with van der Waals surface area (Å²) in [7, 11) is 0. The molecular formula is C26H38F2N6O2. The lowest BCUT2D eigenvalue weighted by molar-refractivity contribution is -0.132. The molecule has 36 heavy (non-hydrogen) atoms. The van der Waals surface area contributed by atoms with Gasteiger partial charge in [0.05, 0.1) is 12.2 Å². The van der Waals surface area contributed by atoms with Gasteiger partial charge in [0.25, 0.3) is 0 Å². The number of halogens is 2. The van der Waals surface area contributed by atoms with E-state index >= 15 is 0 Å². The largest absolute Gasteiger partial charge is 0.338 e. The summed E-state index contributed by atoms with van der Waals surface area (Å²) < 4.78 is 30.4. The maximum absolute atomic E-state index is 14.4. The number of aromatic nitrogens is 3. The van der Waals surface area contributed by atoms with Gasteiger partial charge in [0.2, 0.25) is 11.8 Å². The number of aryl methyl sites for hydroxylation is 3. The van der Waals surface area contributed by atoms with Gasteiger partial charge in [0.15, 0.2) is 11.6 Å². The number of carbonyl (C=O) groups is 2. The van der Waals surface area contributed by atoms with Crippen molar-refractivity contribution < 1.29 is 18.4 Å². The Morgan fingerprint density at radius 1 is 1.00 bits per heavy atom. The van der Waals surface area contributed by atoms with Crippen molar-refractivity contribution in [2.45, 2.75) is 79.4 Å². The van der Waals surface area contributed by atoms with Gasteiger partial charge in [-0.05, 0) is 52.2 Å². The lowest BCUT2D eigenvalue weighted by Gasteiger charge is -2.33. The molecule has 2 heterocycles. The number of anilines is 1. The Morgan fingerprint density at radius 2 is 1.67 bits per heavy atom. The van der Waals surface area contributed by atoms with Crippen LogP contribution in [0.4, 0.5) is 14.5 Å². The van der Waals surface area contributed by atoms with Crippen LogP contribution in [0, 0.1) is 25.5 Å². The summed E-state index contributed by atoms with van der Waals surface area (Å²) in [5.41, 5.74) is 0.760. The molecule has 1 aliphatic rings. The van der Waals surface area contributed by atoms with Crippen molar-refractivity contribution in [2.24, 2.45) is 0 Å². The molecule has 1 aromatic carbocycles. The van der Waals surface area contributed by atoms with Crippen LogP contribution >= 0.6 is 0 Å². The molecule has 1 aliphatic heterocycles. The summed E-state index contributed by atoms with van der Waals surface area (Å²) >= 11 is 0. The second kappa shape index (κ2) is 12.4. The lowest BCUT2D eigenvalue weighted by atomic mass is 10.1. The molecule has 0 spiro atoms. The third kappa shape index (κ3) is 6.87. The van der Waals surface area contributed by atoms with Crippen LogP contribution in [0.2, 0.25) is 0 Å². The molecule has 0 saturated heterocycles. The van der Waals surface area contributed by atoms with Gasteiger partial charge in [-0.2, -0.15) is 5.10 Å². The maximum Gasteiger partial charge on any atom is 0.226 e. The van der Waals surface area contributed by atoms with E-state index in [2.05, 4.69) is 28.8 Å². The molecule has 2 amide bonds. The molecular weight excluding hydrogens is 466 g/mol. The summed E-state index contributed by atoms with van der Waals surface area (Å²) in [6, 6.07) is 2.52. The number of carbonyl (C=O) groups excluding carboxylic acids is 2. The highest BCUT2D eigenvalue weighted by molar-refractivity contribution is 5.94. The van der Waals surface area contributed by atoms with Crippen molar-refractivity contribution in [1.29, 1.82) is 0 Å². The molecule has 0 unspecified atom stereocenters. The average Bonchev–Trinajstić information content (AvgIpc) is 3.15. The van der Waals surface area contributed by atoms with Crippen LogP contribution in [-0.4, -0.2) is 68.6 Å². The van der Waals surface area contributed by atoms with Crippen LogP contribution in [0.3, 0.4) is 0 Å². The van der Waals surface area contributed by atoms with Crippen LogP contribution in [0.5, 0.6) is 0 Å². The molecule has 2 aromatic rings. The van der Waals surface area contributed by atoms with Crippen LogP contribution in [-0.2, 0) is 22.7 Å². The monoisotopic (exact) mass is 504 g/mol. The Bertz CT molecular complexity index is 1070. The third-order valence-electron chi connectivity index (χ3n) is 6.66. The standard InChI is InChI=1S/C26H38F2N6O2/c1-6-25(35)33-13-8-11-31(18(2)3)10-7-12-32(17-21-15-22(27)23(28)16-24(21)33)26(36)9-14-34-20(5)29-19(4)30-34/h15-16,18H,6-14,17H2,1-5H3. The normalized spacial score (nSPS) is 16.0. The molecule has 3 rings (SSSR count). The SMILES string of the molecule is CCC(=O)N1CCCN(C(C)C)CCCN(C(=O)CCn2nc(C)nc2C)Cc2cc(F)c(F)cc21. The highest BCUT2D eigenvalue weighted by Crippen LogP contribution is 2.27. The van der Waals surface area contributed by atoms with Gasteiger partial charge in [-0.3, -0.25) is 9.59 Å². The molecule has 8 nitrogen and oxygen atoms in total. The Morgan fingerprint density at radius 3 is 2.28 bits per heavy atom. The topological polar surface area (TPSA) is 74.6 Å². The van der Waals surface area contributed by atoms with Crippen molar-refractivity contribution in [3.05, 3.63) is 41.0 Å². The predicted octanol–water partition coefficient (Wildman–Crippen LogP) is 3.84. The lowest BCUT2D eigenvalue weighted by Crippen LogP contribution is -2.40. The first-order valence-electron chi connectivity index (χ1n) is 12.8. The number of hydrogen-bond donors (Lipinski definition) is 0. The minimum atomic E-state index is -1.01. The van der Waals surface area contributed by atoms with E-state index in [1.807, 2.05) is 6.92 Å². The zero-order valence-corrected chi connectivity index (χ0v) is 22.1. The van der Waals surface area contributed by atoms with Crippen LogP contribution in [0.1, 0.15) is 63.7 Å². The van der Waals surface area contributed by atoms with E-state index in [1.165, 1.54) is 0 Å². The average molecular weight is 505 g/mol. The van der Waals surface area contributed by atoms with E-state index in [9.17, 15) is 18.4 Å². The fraction of sp³-hybridized carbons (Fsp3) is 0.615. The number of hydrogen-bond acceptors (Lipinski definition) is 5. The first-order valence-corrected chi connectivity index (χ1v) is 12.8. The van der Waals surface area contributed by atoms with Crippen molar-refractivity contribution >= 4 is 17.5 Å². The third-order valence-corrected chi connectivity index (χ3v) is 6.66. The summed E-state index contributed by atoms with van der Waals surface area (Å²) in [5, 5.41) is 4.33.